The number of sulfone groups is 1. The van der Waals surface area contributed by atoms with Gasteiger partial charge in [-0.15, -0.1) is 0 Å². The second kappa shape index (κ2) is 4.92. The highest BCUT2D eigenvalue weighted by Crippen LogP contribution is 2.27. The molecule has 1 unspecified atom stereocenters. The summed E-state index contributed by atoms with van der Waals surface area (Å²) >= 11 is 0. The van der Waals surface area contributed by atoms with Gasteiger partial charge < -0.3 is 5.73 Å². The first-order chi connectivity index (χ1) is 9.44. The zero-order chi connectivity index (χ0) is 16.1. The van der Waals surface area contributed by atoms with Crippen LogP contribution in [0.2, 0.25) is 0 Å². The summed E-state index contributed by atoms with van der Waals surface area (Å²) in [7, 11) is -7.32. The Bertz CT molecular complexity index is 790. The van der Waals surface area contributed by atoms with E-state index in [2.05, 4.69) is 4.72 Å². The molecule has 1 aliphatic heterocycles. The minimum absolute atomic E-state index is 0.0114. The van der Waals surface area contributed by atoms with Crippen LogP contribution < -0.4 is 10.5 Å². The van der Waals surface area contributed by atoms with E-state index in [0.717, 1.165) is 12.1 Å². The van der Waals surface area contributed by atoms with Gasteiger partial charge in [0.15, 0.2) is 9.84 Å². The van der Waals surface area contributed by atoms with Crippen molar-refractivity contribution in [2.45, 2.75) is 30.7 Å². The third-order valence-corrected chi connectivity index (χ3v) is 7.16. The van der Waals surface area contributed by atoms with Crippen LogP contribution in [0.4, 0.5) is 10.1 Å². The van der Waals surface area contributed by atoms with Crippen LogP contribution in [0, 0.1) is 12.7 Å². The molecule has 1 fully saturated rings. The molecule has 1 aliphatic rings. The molecule has 2 rings (SSSR count). The number of benzene rings is 1. The Labute approximate surface area is 123 Å². The van der Waals surface area contributed by atoms with Crippen LogP contribution >= 0.6 is 0 Å². The van der Waals surface area contributed by atoms with Crippen LogP contribution in [0.25, 0.3) is 0 Å². The summed E-state index contributed by atoms with van der Waals surface area (Å²) < 4.78 is 63.9. The van der Waals surface area contributed by atoms with Crippen LogP contribution in [-0.2, 0) is 19.9 Å². The van der Waals surface area contributed by atoms with Crippen LogP contribution in [0.3, 0.4) is 0 Å². The summed E-state index contributed by atoms with van der Waals surface area (Å²) in [5.74, 6) is -1.07. The maximum absolute atomic E-state index is 13.6. The molecular formula is C12H17FN2O4S2. The lowest BCUT2D eigenvalue weighted by Crippen LogP contribution is -2.47. The number of nitrogens with two attached hydrogens (primary N) is 1. The van der Waals surface area contributed by atoms with E-state index < -0.39 is 31.2 Å². The van der Waals surface area contributed by atoms with Crippen molar-refractivity contribution in [3.63, 3.8) is 0 Å². The molecule has 0 amide bonds. The molecule has 9 heteroatoms. The van der Waals surface area contributed by atoms with Gasteiger partial charge in [0.25, 0.3) is 0 Å². The molecule has 0 aliphatic carbocycles. The average molecular weight is 336 g/mol. The van der Waals surface area contributed by atoms with Gasteiger partial charge in [-0.1, -0.05) is 0 Å². The Morgan fingerprint density at radius 1 is 1.38 bits per heavy atom. The molecule has 3 N–H and O–H groups in total. The first-order valence-electron chi connectivity index (χ1n) is 6.24. The number of sulfonamides is 1. The fourth-order valence-corrected chi connectivity index (χ4v) is 6.33. The van der Waals surface area contributed by atoms with E-state index in [1.54, 1.807) is 0 Å². The third-order valence-electron chi connectivity index (χ3n) is 3.49. The van der Waals surface area contributed by atoms with Crippen molar-refractivity contribution in [2.75, 3.05) is 17.2 Å². The van der Waals surface area contributed by atoms with Crippen molar-refractivity contribution >= 4 is 25.5 Å². The number of nitrogens with one attached hydrogen (secondary N) is 1. The molecule has 0 spiro atoms. The molecule has 6 nitrogen and oxygen atoms in total. The quantitative estimate of drug-likeness (QED) is 0.785. The van der Waals surface area contributed by atoms with Gasteiger partial charge in [-0.25, -0.2) is 25.9 Å². The van der Waals surface area contributed by atoms with E-state index >= 15 is 0 Å². The van der Waals surface area contributed by atoms with E-state index in [9.17, 15) is 21.2 Å². The van der Waals surface area contributed by atoms with Crippen LogP contribution in [-0.4, -0.2) is 33.9 Å². The lowest BCUT2D eigenvalue weighted by molar-refractivity contribution is 0.461. The van der Waals surface area contributed by atoms with Gasteiger partial charge in [0.2, 0.25) is 10.0 Å². The van der Waals surface area contributed by atoms with Gasteiger partial charge in [-0.3, -0.25) is 0 Å². The molecule has 1 aromatic rings. The maximum Gasteiger partial charge on any atom is 0.241 e. The smallest absolute Gasteiger partial charge is 0.241 e. The molecule has 0 saturated carbocycles. The van der Waals surface area contributed by atoms with Crippen molar-refractivity contribution in [1.82, 2.24) is 4.72 Å². The summed E-state index contributed by atoms with van der Waals surface area (Å²) in [4.78, 5) is -0.273. The predicted octanol–water partition coefficient (Wildman–Crippen LogP) is 0.572. The van der Waals surface area contributed by atoms with Crippen molar-refractivity contribution < 1.29 is 21.2 Å². The zero-order valence-electron chi connectivity index (χ0n) is 11.7. The first-order valence-corrected chi connectivity index (χ1v) is 9.55. The normalized spacial score (nSPS) is 25.1. The number of anilines is 1. The van der Waals surface area contributed by atoms with Gasteiger partial charge in [0.05, 0.1) is 16.4 Å². The van der Waals surface area contributed by atoms with Gasteiger partial charge in [-0.2, -0.15) is 0 Å². The SMILES string of the molecule is Cc1c(F)cc(N)cc1S(=O)(=O)NC1(C)CCS(=O)(=O)C1. The molecule has 1 saturated heterocycles. The van der Waals surface area contributed by atoms with E-state index in [-0.39, 0.29) is 34.1 Å². The fourth-order valence-electron chi connectivity index (χ4n) is 2.42. The Kier molecular flexibility index (Phi) is 3.79. The van der Waals surface area contributed by atoms with Gasteiger partial charge in [-0.05, 0) is 32.4 Å². The van der Waals surface area contributed by atoms with Gasteiger partial charge >= 0.3 is 0 Å². The largest absolute Gasteiger partial charge is 0.399 e. The maximum atomic E-state index is 13.6. The van der Waals surface area contributed by atoms with Crippen molar-refractivity contribution in [2.24, 2.45) is 0 Å². The number of nitrogen functional groups attached to an aromatic ring is 1. The molecule has 21 heavy (non-hydrogen) atoms. The fraction of sp³-hybridized carbons (Fsp3) is 0.500. The lowest BCUT2D eigenvalue weighted by atomic mass is 10.0. The van der Waals surface area contributed by atoms with Gasteiger partial charge in [0, 0.05) is 16.8 Å². The molecule has 0 aromatic heterocycles. The molecule has 118 valence electrons. The molecular weight excluding hydrogens is 319 g/mol. The Morgan fingerprint density at radius 2 is 2.00 bits per heavy atom. The van der Waals surface area contributed by atoms with Crippen LogP contribution in [0.15, 0.2) is 17.0 Å². The molecule has 0 radical (unpaired) electrons. The number of rotatable bonds is 3. The van der Waals surface area contributed by atoms with Crippen molar-refractivity contribution in [3.8, 4) is 0 Å². The first kappa shape index (κ1) is 16.2. The predicted molar refractivity (Wildman–Crippen MR) is 77.5 cm³/mol. The van der Waals surface area contributed by atoms with Crippen molar-refractivity contribution in [1.29, 1.82) is 0 Å². The number of hydrogen-bond donors (Lipinski definition) is 2. The summed E-state index contributed by atoms with van der Waals surface area (Å²) in [6.07, 6.45) is 0.179. The highest BCUT2D eigenvalue weighted by Gasteiger charge is 2.41. The topological polar surface area (TPSA) is 106 Å². The standard InChI is InChI=1S/C12H17FN2O4S2/c1-8-10(13)5-9(14)6-11(8)21(18,19)15-12(2)3-4-20(16,17)7-12/h5-6,15H,3-4,7,14H2,1-2H3. The van der Waals surface area contributed by atoms with E-state index in [4.69, 9.17) is 5.73 Å². The highest BCUT2D eigenvalue weighted by molar-refractivity contribution is 7.92. The van der Waals surface area contributed by atoms with Crippen LogP contribution in [0.1, 0.15) is 18.9 Å². The highest BCUT2D eigenvalue weighted by atomic mass is 32.2. The number of halogens is 1. The van der Waals surface area contributed by atoms with E-state index in [1.165, 1.54) is 13.8 Å². The summed E-state index contributed by atoms with van der Waals surface area (Å²) in [6.45, 7) is 2.85. The van der Waals surface area contributed by atoms with Crippen molar-refractivity contribution in [3.05, 3.63) is 23.5 Å². The molecule has 1 heterocycles. The summed E-state index contributed by atoms with van der Waals surface area (Å²) in [5.41, 5.74) is 4.32. The van der Waals surface area contributed by atoms with E-state index in [1.807, 2.05) is 0 Å². The Morgan fingerprint density at radius 3 is 2.52 bits per heavy atom. The summed E-state index contributed by atoms with van der Waals surface area (Å²) in [5, 5.41) is 0. The third kappa shape index (κ3) is 3.35. The molecule has 1 atom stereocenters. The molecule has 1 aromatic carbocycles. The summed E-state index contributed by atoms with van der Waals surface area (Å²) in [6, 6.07) is 2.20. The lowest BCUT2D eigenvalue weighted by Gasteiger charge is -2.24. The van der Waals surface area contributed by atoms with Gasteiger partial charge in [0.1, 0.15) is 5.82 Å². The van der Waals surface area contributed by atoms with Crippen LogP contribution in [0.5, 0.6) is 0 Å². The second-order valence-electron chi connectivity index (χ2n) is 5.63. The Hall–Kier alpha value is -1.19. The minimum atomic E-state index is -4.06. The number of hydrogen-bond acceptors (Lipinski definition) is 5. The monoisotopic (exact) mass is 336 g/mol. The minimum Gasteiger partial charge on any atom is -0.399 e. The molecule has 0 bridgehead atoms. The second-order valence-corrected chi connectivity index (χ2v) is 9.47. The van der Waals surface area contributed by atoms with E-state index in [0.29, 0.717) is 0 Å². The average Bonchev–Trinajstić information content (AvgIpc) is 2.56. The Balaban J connectivity index is 2.41. The zero-order valence-corrected chi connectivity index (χ0v) is 13.3.